The minimum absolute atomic E-state index is 0.0836. The molecule has 0 unspecified atom stereocenters. The molecule has 0 bridgehead atoms. The first-order chi connectivity index (χ1) is 10.1. The molecule has 0 radical (unpaired) electrons. The Morgan fingerprint density at radius 3 is 2.52 bits per heavy atom. The average Bonchev–Trinajstić information content (AvgIpc) is 2.81. The maximum Gasteiger partial charge on any atom is 0.248 e. The van der Waals surface area contributed by atoms with Gasteiger partial charge in [0, 0.05) is 23.4 Å². The highest BCUT2D eigenvalue weighted by Crippen LogP contribution is 2.42. The molecule has 2 aromatic heterocycles. The number of H-pyrrole nitrogens is 1. The SMILES string of the molecule is Nc1onc(-c2cc[nH]c(=O)c2)c1-c1c(Cl)cccc1Cl. The van der Waals surface area contributed by atoms with Crippen LogP contribution in [0.1, 0.15) is 0 Å². The molecule has 106 valence electrons. The van der Waals surface area contributed by atoms with Crippen molar-refractivity contribution in [2.45, 2.75) is 0 Å². The Bertz CT molecular complexity index is 850. The number of hydrogen-bond acceptors (Lipinski definition) is 4. The summed E-state index contributed by atoms with van der Waals surface area (Å²) < 4.78 is 5.05. The van der Waals surface area contributed by atoms with Gasteiger partial charge in [-0.05, 0) is 18.2 Å². The summed E-state index contributed by atoms with van der Waals surface area (Å²) in [5, 5.41) is 4.76. The van der Waals surface area contributed by atoms with E-state index in [4.69, 9.17) is 33.5 Å². The summed E-state index contributed by atoms with van der Waals surface area (Å²) >= 11 is 12.4. The molecular weight excluding hydrogens is 313 g/mol. The predicted octanol–water partition coefficient (Wildman–Crippen LogP) is 3.59. The molecule has 3 N–H and O–H groups in total. The number of anilines is 1. The van der Waals surface area contributed by atoms with E-state index < -0.39 is 0 Å². The lowest BCUT2D eigenvalue weighted by Crippen LogP contribution is -2.02. The van der Waals surface area contributed by atoms with Gasteiger partial charge in [0.15, 0.2) is 0 Å². The summed E-state index contributed by atoms with van der Waals surface area (Å²) in [6, 6.07) is 8.19. The second-order valence-electron chi connectivity index (χ2n) is 4.31. The van der Waals surface area contributed by atoms with E-state index in [2.05, 4.69) is 10.1 Å². The zero-order chi connectivity index (χ0) is 15.0. The smallest absolute Gasteiger partial charge is 0.248 e. The Kier molecular flexibility index (Phi) is 3.45. The minimum Gasteiger partial charge on any atom is -0.367 e. The number of pyridine rings is 1. The van der Waals surface area contributed by atoms with Crippen LogP contribution in [-0.2, 0) is 0 Å². The lowest BCUT2D eigenvalue weighted by Gasteiger charge is -2.07. The van der Waals surface area contributed by atoms with Gasteiger partial charge in [0.1, 0.15) is 5.69 Å². The molecule has 0 saturated carbocycles. The van der Waals surface area contributed by atoms with Crippen molar-refractivity contribution in [2.24, 2.45) is 0 Å². The summed E-state index contributed by atoms with van der Waals surface area (Å²) in [7, 11) is 0. The molecule has 5 nitrogen and oxygen atoms in total. The molecule has 0 spiro atoms. The number of benzene rings is 1. The molecule has 3 aromatic rings. The summed E-state index contributed by atoms with van der Waals surface area (Å²) in [6.45, 7) is 0. The van der Waals surface area contributed by atoms with Gasteiger partial charge >= 0.3 is 0 Å². The highest BCUT2D eigenvalue weighted by Gasteiger charge is 2.22. The van der Waals surface area contributed by atoms with Crippen molar-refractivity contribution in [3.8, 4) is 22.4 Å². The third kappa shape index (κ3) is 2.41. The highest BCUT2D eigenvalue weighted by molar-refractivity contribution is 6.39. The van der Waals surface area contributed by atoms with E-state index >= 15 is 0 Å². The van der Waals surface area contributed by atoms with Crippen LogP contribution in [0.3, 0.4) is 0 Å². The van der Waals surface area contributed by atoms with E-state index in [0.29, 0.717) is 32.4 Å². The zero-order valence-electron chi connectivity index (χ0n) is 10.6. The van der Waals surface area contributed by atoms with Crippen LogP contribution in [0, 0.1) is 0 Å². The van der Waals surface area contributed by atoms with Gasteiger partial charge in [-0.1, -0.05) is 34.4 Å². The van der Waals surface area contributed by atoms with Gasteiger partial charge in [-0.25, -0.2) is 0 Å². The first kappa shape index (κ1) is 13.7. The van der Waals surface area contributed by atoms with Crippen molar-refractivity contribution in [2.75, 3.05) is 5.73 Å². The normalized spacial score (nSPS) is 10.8. The van der Waals surface area contributed by atoms with Crippen molar-refractivity contribution in [3.05, 3.63) is 56.9 Å². The fourth-order valence-electron chi connectivity index (χ4n) is 2.07. The molecule has 0 aliphatic heterocycles. The molecule has 21 heavy (non-hydrogen) atoms. The molecule has 0 atom stereocenters. The summed E-state index contributed by atoms with van der Waals surface area (Å²) in [6.07, 6.45) is 1.51. The van der Waals surface area contributed by atoms with Crippen LogP contribution < -0.4 is 11.3 Å². The number of rotatable bonds is 2. The fraction of sp³-hybridized carbons (Fsp3) is 0. The van der Waals surface area contributed by atoms with E-state index in [9.17, 15) is 4.79 Å². The van der Waals surface area contributed by atoms with Crippen molar-refractivity contribution >= 4 is 29.1 Å². The van der Waals surface area contributed by atoms with Crippen LogP contribution in [0.5, 0.6) is 0 Å². The Morgan fingerprint density at radius 2 is 1.86 bits per heavy atom. The summed E-state index contributed by atoms with van der Waals surface area (Å²) in [4.78, 5) is 14.0. The number of aromatic nitrogens is 2. The van der Waals surface area contributed by atoms with Crippen LogP contribution in [-0.4, -0.2) is 10.1 Å². The van der Waals surface area contributed by atoms with Crippen LogP contribution >= 0.6 is 23.2 Å². The second kappa shape index (κ2) is 5.27. The van der Waals surface area contributed by atoms with Gasteiger partial charge in [-0.15, -0.1) is 0 Å². The largest absolute Gasteiger partial charge is 0.367 e. The van der Waals surface area contributed by atoms with Gasteiger partial charge in [0.05, 0.1) is 15.6 Å². The van der Waals surface area contributed by atoms with Crippen molar-refractivity contribution in [3.63, 3.8) is 0 Å². The molecule has 7 heteroatoms. The standard InChI is InChI=1S/C14H9Cl2N3O2/c15-8-2-1-3-9(16)11(8)12-13(19-21-14(12)17)7-4-5-18-10(20)6-7/h1-6H,17H2,(H,18,20). The van der Waals surface area contributed by atoms with Gasteiger partial charge in [-0.2, -0.15) is 0 Å². The van der Waals surface area contributed by atoms with E-state index in [-0.39, 0.29) is 11.4 Å². The Morgan fingerprint density at radius 1 is 1.14 bits per heavy atom. The molecule has 0 aliphatic carbocycles. The average molecular weight is 322 g/mol. The van der Waals surface area contributed by atoms with E-state index in [1.807, 2.05) is 0 Å². The van der Waals surface area contributed by atoms with Crippen LogP contribution in [0.2, 0.25) is 10.0 Å². The minimum atomic E-state index is -0.259. The summed E-state index contributed by atoms with van der Waals surface area (Å²) in [5.41, 5.74) is 7.56. The molecule has 0 saturated heterocycles. The lowest BCUT2D eigenvalue weighted by molar-refractivity contribution is 0.439. The molecule has 0 amide bonds. The summed E-state index contributed by atoms with van der Waals surface area (Å²) in [5.74, 6) is 0.0836. The number of nitrogens with zero attached hydrogens (tertiary/aromatic N) is 1. The van der Waals surface area contributed by atoms with Crippen molar-refractivity contribution in [1.82, 2.24) is 10.1 Å². The maximum absolute atomic E-state index is 11.5. The Balaban J connectivity index is 2.30. The predicted molar refractivity (Wildman–Crippen MR) is 82.4 cm³/mol. The molecule has 3 rings (SSSR count). The zero-order valence-corrected chi connectivity index (χ0v) is 12.1. The second-order valence-corrected chi connectivity index (χ2v) is 5.12. The van der Waals surface area contributed by atoms with Gasteiger partial charge in [0.2, 0.25) is 11.4 Å². The third-order valence-electron chi connectivity index (χ3n) is 2.98. The van der Waals surface area contributed by atoms with E-state index in [1.165, 1.54) is 12.3 Å². The van der Waals surface area contributed by atoms with Crippen LogP contribution in [0.25, 0.3) is 22.4 Å². The monoisotopic (exact) mass is 321 g/mol. The third-order valence-corrected chi connectivity index (χ3v) is 3.61. The number of nitrogen functional groups attached to an aromatic ring is 1. The van der Waals surface area contributed by atoms with Crippen LogP contribution in [0.15, 0.2) is 45.8 Å². The molecular formula is C14H9Cl2N3O2. The Labute approximate surface area is 129 Å². The number of aromatic amines is 1. The number of nitrogens with two attached hydrogens (primary N) is 1. The molecule has 2 heterocycles. The number of nitrogens with one attached hydrogen (secondary N) is 1. The van der Waals surface area contributed by atoms with Crippen molar-refractivity contribution in [1.29, 1.82) is 0 Å². The fourth-order valence-corrected chi connectivity index (χ4v) is 2.66. The molecule has 0 fully saturated rings. The van der Waals surface area contributed by atoms with Crippen LogP contribution in [0.4, 0.5) is 5.88 Å². The highest BCUT2D eigenvalue weighted by atomic mass is 35.5. The van der Waals surface area contributed by atoms with Gasteiger partial charge < -0.3 is 15.2 Å². The molecule has 1 aromatic carbocycles. The van der Waals surface area contributed by atoms with E-state index in [0.717, 1.165) is 0 Å². The number of hydrogen-bond donors (Lipinski definition) is 2. The quantitative estimate of drug-likeness (QED) is 0.755. The maximum atomic E-state index is 11.5. The first-order valence-electron chi connectivity index (χ1n) is 5.96. The Hall–Kier alpha value is -2.24. The van der Waals surface area contributed by atoms with Gasteiger partial charge in [-0.3, -0.25) is 4.79 Å². The topological polar surface area (TPSA) is 84.9 Å². The van der Waals surface area contributed by atoms with Gasteiger partial charge in [0.25, 0.3) is 0 Å². The molecule has 0 aliphatic rings. The first-order valence-corrected chi connectivity index (χ1v) is 6.72. The van der Waals surface area contributed by atoms with E-state index in [1.54, 1.807) is 24.3 Å². The van der Waals surface area contributed by atoms with Crippen molar-refractivity contribution < 1.29 is 4.52 Å². The number of halogens is 2. The lowest BCUT2D eigenvalue weighted by atomic mass is 10.0.